The lowest BCUT2D eigenvalue weighted by molar-refractivity contribution is -0.137. The molecule has 1 aliphatic heterocycles. The molecule has 11 heteroatoms. The van der Waals surface area contributed by atoms with Crippen LogP contribution >= 0.6 is 23.1 Å². The molecule has 0 atom stereocenters. The van der Waals surface area contributed by atoms with Crippen molar-refractivity contribution in [3.63, 3.8) is 0 Å². The van der Waals surface area contributed by atoms with Gasteiger partial charge in [0.15, 0.2) is 4.34 Å². The maximum absolute atomic E-state index is 12.8. The second-order valence-corrected chi connectivity index (χ2v) is 9.17. The molecule has 1 aromatic heterocycles. The van der Waals surface area contributed by atoms with Gasteiger partial charge in [0.25, 0.3) is 5.91 Å². The van der Waals surface area contributed by atoms with E-state index in [-0.39, 0.29) is 22.4 Å². The zero-order valence-electron chi connectivity index (χ0n) is 16.6. The number of para-hydroxylation sites is 1. The standard InChI is InChI=1S/C21H17F3N4O2S2/c22-21(23,24)15-8-3-6-14(11-15)18(30)25-19-26-27-20(32-19)31-12-17(29)28-10-4-7-13-5-1-2-9-16(13)28/h1-3,5-6,8-9,11H,4,7,10,12H2,(H,25,26,30). The van der Waals surface area contributed by atoms with Gasteiger partial charge in [-0.15, -0.1) is 10.2 Å². The van der Waals surface area contributed by atoms with Crippen LogP contribution in [0.25, 0.3) is 0 Å². The minimum Gasteiger partial charge on any atom is -0.311 e. The van der Waals surface area contributed by atoms with Crippen molar-refractivity contribution in [2.24, 2.45) is 0 Å². The van der Waals surface area contributed by atoms with E-state index in [0.717, 1.165) is 47.6 Å². The molecule has 0 saturated carbocycles. The van der Waals surface area contributed by atoms with Crippen LogP contribution in [0, 0.1) is 0 Å². The number of amides is 2. The maximum atomic E-state index is 12.8. The number of rotatable bonds is 5. The van der Waals surface area contributed by atoms with Crippen molar-refractivity contribution < 1.29 is 22.8 Å². The third-order valence-electron chi connectivity index (χ3n) is 4.81. The number of benzene rings is 2. The summed E-state index contributed by atoms with van der Waals surface area (Å²) in [5.74, 6) is -0.610. The number of carbonyl (C=O) groups excluding carboxylic acids is 2. The summed E-state index contributed by atoms with van der Waals surface area (Å²) in [6.07, 6.45) is -2.69. The molecule has 1 N–H and O–H groups in total. The molecule has 0 saturated heterocycles. The van der Waals surface area contributed by atoms with E-state index >= 15 is 0 Å². The van der Waals surface area contributed by atoms with Gasteiger partial charge in [-0.3, -0.25) is 14.9 Å². The molecule has 0 spiro atoms. The van der Waals surface area contributed by atoms with Crippen molar-refractivity contribution in [2.75, 3.05) is 22.5 Å². The number of halogens is 3. The van der Waals surface area contributed by atoms with Crippen LogP contribution < -0.4 is 10.2 Å². The summed E-state index contributed by atoms with van der Waals surface area (Å²) in [4.78, 5) is 26.8. The first-order chi connectivity index (χ1) is 15.3. The van der Waals surface area contributed by atoms with E-state index in [2.05, 4.69) is 15.5 Å². The third-order valence-corrected chi connectivity index (χ3v) is 6.77. The molecule has 1 aliphatic rings. The van der Waals surface area contributed by atoms with Gasteiger partial charge in [-0.25, -0.2) is 0 Å². The van der Waals surface area contributed by atoms with Crippen molar-refractivity contribution in [3.8, 4) is 0 Å². The minimum atomic E-state index is -4.54. The Labute approximate surface area is 189 Å². The highest BCUT2D eigenvalue weighted by molar-refractivity contribution is 8.01. The van der Waals surface area contributed by atoms with Crippen molar-refractivity contribution in [1.82, 2.24) is 10.2 Å². The number of thioether (sulfide) groups is 1. The zero-order valence-corrected chi connectivity index (χ0v) is 18.2. The molecule has 2 amide bonds. The Bertz CT molecular complexity index is 1150. The summed E-state index contributed by atoms with van der Waals surface area (Å²) in [5.41, 5.74) is 1.03. The number of hydrogen-bond acceptors (Lipinski definition) is 6. The highest BCUT2D eigenvalue weighted by Gasteiger charge is 2.31. The molecule has 166 valence electrons. The molecule has 2 aromatic carbocycles. The second kappa shape index (κ2) is 9.29. The summed E-state index contributed by atoms with van der Waals surface area (Å²) in [6.45, 7) is 0.658. The largest absolute Gasteiger partial charge is 0.416 e. The topological polar surface area (TPSA) is 75.2 Å². The lowest BCUT2D eigenvalue weighted by atomic mass is 10.0. The highest BCUT2D eigenvalue weighted by atomic mass is 32.2. The SMILES string of the molecule is O=C(Nc1nnc(SCC(=O)N2CCCc3ccccc32)s1)c1cccc(C(F)(F)F)c1. The summed E-state index contributed by atoms with van der Waals surface area (Å²) >= 11 is 2.26. The molecule has 0 radical (unpaired) electrons. The summed E-state index contributed by atoms with van der Waals surface area (Å²) in [7, 11) is 0. The Morgan fingerprint density at radius 1 is 1.12 bits per heavy atom. The van der Waals surface area contributed by atoms with E-state index in [4.69, 9.17) is 0 Å². The number of nitrogens with one attached hydrogen (secondary N) is 1. The van der Waals surface area contributed by atoms with E-state index in [1.54, 1.807) is 4.90 Å². The molecule has 0 unspecified atom stereocenters. The Morgan fingerprint density at radius 2 is 1.94 bits per heavy atom. The Balaban J connectivity index is 1.36. The lowest BCUT2D eigenvalue weighted by Gasteiger charge is -2.29. The molecule has 0 fully saturated rings. The molecular weight excluding hydrogens is 461 g/mol. The molecular formula is C21H17F3N4O2S2. The third kappa shape index (κ3) is 5.10. The monoisotopic (exact) mass is 478 g/mol. The molecule has 6 nitrogen and oxygen atoms in total. The van der Waals surface area contributed by atoms with Gasteiger partial charge in [-0.1, -0.05) is 47.4 Å². The van der Waals surface area contributed by atoms with Gasteiger partial charge in [0.1, 0.15) is 0 Å². The quantitative estimate of drug-likeness (QED) is 0.418. The van der Waals surface area contributed by atoms with Crippen LogP contribution in [0.2, 0.25) is 0 Å². The Hall–Kier alpha value is -2.92. The summed E-state index contributed by atoms with van der Waals surface area (Å²) in [6, 6.07) is 11.9. The smallest absolute Gasteiger partial charge is 0.311 e. The number of fused-ring (bicyclic) bond motifs is 1. The zero-order chi connectivity index (χ0) is 22.7. The normalized spacial score (nSPS) is 13.5. The fourth-order valence-electron chi connectivity index (χ4n) is 3.32. The number of nitrogens with zero attached hydrogens (tertiary/aromatic N) is 3. The predicted molar refractivity (Wildman–Crippen MR) is 117 cm³/mol. The first-order valence-electron chi connectivity index (χ1n) is 9.64. The van der Waals surface area contributed by atoms with Crippen molar-refractivity contribution in [3.05, 3.63) is 65.2 Å². The van der Waals surface area contributed by atoms with Gasteiger partial charge in [-0.2, -0.15) is 13.2 Å². The average molecular weight is 479 g/mol. The molecule has 2 heterocycles. The predicted octanol–water partition coefficient (Wildman–Crippen LogP) is 4.88. The lowest BCUT2D eigenvalue weighted by Crippen LogP contribution is -2.36. The molecule has 3 aromatic rings. The molecule has 32 heavy (non-hydrogen) atoms. The fraction of sp³-hybridized carbons (Fsp3) is 0.238. The van der Waals surface area contributed by atoms with E-state index in [9.17, 15) is 22.8 Å². The van der Waals surface area contributed by atoms with Crippen molar-refractivity contribution in [1.29, 1.82) is 0 Å². The highest BCUT2D eigenvalue weighted by Crippen LogP contribution is 2.31. The Morgan fingerprint density at radius 3 is 2.75 bits per heavy atom. The van der Waals surface area contributed by atoms with Crippen LogP contribution in [0.1, 0.15) is 27.9 Å². The molecule has 0 bridgehead atoms. The number of aryl methyl sites for hydroxylation is 1. The second-order valence-electron chi connectivity index (χ2n) is 6.97. The average Bonchev–Trinajstić information content (AvgIpc) is 3.23. The van der Waals surface area contributed by atoms with Crippen molar-refractivity contribution >= 4 is 45.7 Å². The van der Waals surface area contributed by atoms with Gasteiger partial charge >= 0.3 is 6.18 Å². The first-order valence-corrected chi connectivity index (χ1v) is 11.4. The van der Waals surface area contributed by atoms with Gasteiger partial charge < -0.3 is 4.90 Å². The van der Waals surface area contributed by atoms with Gasteiger partial charge in [0.2, 0.25) is 11.0 Å². The van der Waals surface area contributed by atoms with Crippen LogP contribution in [0.3, 0.4) is 0 Å². The molecule has 4 rings (SSSR count). The number of anilines is 2. The number of carbonyl (C=O) groups is 2. The van der Waals surface area contributed by atoms with E-state index in [0.29, 0.717) is 10.9 Å². The van der Waals surface area contributed by atoms with Crippen LogP contribution in [0.5, 0.6) is 0 Å². The van der Waals surface area contributed by atoms with Crippen LogP contribution in [-0.4, -0.2) is 34.3 Å². The van der Waals surface area contributed by atoms with Crippen LogP contribution in [0.4, 0.5) is 24.0 Å². The number of alkyl halides is 3. The summed E-state index contributed by atoms with van der Waals surface area (Å²) in [5, 5.41) is 10.4. The van der Waals surface area contributed by atoms with Crippen molar-refractivity contribution in [2.45, 2.75) is 23.4 Å². The number of aromatic nitrogens is 2. The summed E-state index contributed by atoms with van der Waals surface area (Å²) < 4.78 is 39.0. The van der Waals surface area contributed by atoms with E-state index in [1.807, 2.05) is 24.3 Å². The number of hydrogen-bond donors (Lipinski definition) is 1. The van der Waals surface area contributed by atoms with E-state index < -0.39 is 17.6 Å². The fourth-order valence-corrected chi connectivity index (χ4v) is 4.94. The first kappa shape index (κ1) is 22.3. The van der Waals surface area contributed by atoms with Crippen LogP contribution in [0.15, 0.2) is 52.9 Å². The Kier molecular flexibility index (Phi) is 6.47. The van der Waals surface area contributed by atoms with E-state index in [1.165, 1.54) is 23.9 Å². The maximum Gasteiger partial charge on any atom is 0.416 e. The van der Waals surface area contributed by atoms with Gasteiger partial charge in [0, 0.05) is 17.8 Å². The van der Waals surface area contributed by atoms with Gasteiger partial charge in [-0.05, 0) is 42.7 Å². The van der Waals surface area contributed by atoms with Gasteiger partial charge in [0.05, 0.1) is 11.3 Å². The molecule has 0 aliphatic carbocycles. The van der Waals surface area contributed by atoms with Crippen LogP contribution in [-0.2, 0) is 17.4 Å². The minimum absolute atomic E-state index is 0.0492.